The number of urea groups is 1. The Hall–Kier alpha value is -2.34. The molecule has 2 fully saturated rings. The van der Waals surface area contributed by atoms with E-state index in [0.29, 0.717) is 19.5 Å². The van der Waals surface area contributed by atoms with Gasteiger partial charge in [0.15, 0.2) is 9.84 Å². The highest BCUT2D eigenvalue weighted by Gasteiger charge is 2.45. The van der Waals surface area contributed by atoms with Crippen LogP contribution >= 0.6 is 0 Å². The molecule has 1 N–H and O–H groups in total. The van der Waals surface area contributed by atoms with Gasteiger partial charge in [-0.25, -0.2) is 13.2 Å². The summed E-state index contributed by atoms with van der Waals surface area (Å²) in [7, 11) is -2.96. The fraction of sp³-hybridized carbons (Fsp3) is 0.409. The molecule has 1 unspecified atom stereocenters. The zero-order valence-electron chi connectivity index (χ0n) is 16.1. The molecule has 2 aliphatic rings. The Kier molecular flexibility index (Phi) is 4.91. The molecule has 5 nitrogen and oxygen atoms in total. The average Bonchev–Trinajstić information content (AvgIpc) is 2.97. The van der Waals surface area contributed by atoms with Gasteiger partial charge in [-0.15, -0.1) is 0 Å². The minimum Gasteiger partial charge on any atom is -0.324 e. The van der Waals surface area contributed by atoms with E-state index in [1.165, 1.54) is 0 Å². The number of hydrogen-bond donors (Lipinski definition) is 1. The number of carbonyl (C=O) groups is 1. The minimum absolute atomic E-state index is 0.140. The van der Waals surface area contributed by atoms with Gasteiger partial charge in [0.1, 0.15) is 0 Å². The molecule has 2 aromatic carbocycles. The molecule has 6 heteroatoms. The molecule has 1 spiro atoms. The lowest BCUT2D eigenvalue weighted by molar-refractivity contribution is 0.130. The van der Waals surface area contributed by atoms with Gasteiger partial charge < -0.3 is 10.2 Å². The van der Waals surface area contributed by atoms with Crippen LogP contribution in [0, 0.1) is 12.3 Å². The van der Waals surface area contributed by atoms with Gasteiger partial charge in [-0.1, -0.05) is 36.4 Å². The second-order valence-electron chi connectivity index (χ2n) is 8.19. The van der Waals surface area contributed by atoms with Crippen molar-refractivity contribution in [3.63, 3.8) is 0 Å². The van der Waals surface area contributed by atoms with Gasteiger partial charge in [-0.2, -0.15) is 0 Å². The number of piperidine rings is 1. The first kappa shape index (κ1) is 19.0. The number of nitrogens with zero attached hydrogens (tertiary/aromatic N) is 1. The first-order valence-corrected chi connectivity index (χ1v) is 11.6. The van der Waals surface area contributed by atoms with Gasteiger partial charge in [0, 0.05) is 24.2 Å². The smallest absolute Gasteiger partial charge is 0.321 e. The number of likely N-dealkylation sites (tertiary alicyclic amines) is 1. The normalized spacial score (nSPS) is 23.7. The number of hydrogen-bond acceptors (Lipinski definition) is 3. The number of rotatable bonds is 2. The Balaban J connectivity index is 1.46. The van der Waals surface area contributed by atoms with Gasteiger partial charge in [0.2, 0.25) is 0 Å². The first-order valence-electron chi connectivity index (χ1n) is 9.78. The third kappa shape index (κ3) is 3.92. The maximum Gasteiger partial charge on any atom is 0.321 e. The summed E-state index contributed by atoms with van der Waals surface area (Å²) in [4.78, 5) is 14.6. The van der Waals surface area contributed by atoms with Crippen molar-refractivity contribution in [2.75, 3.05) is 29.9 Å². The lowest BCUT2D eigenvalue weighted by Crippen LogP contribution is -2.48. The van der Waals surface area contributed by atoms with Crippen LogP contribution in [0.4, 0.5) is 10.5 Å². The van der Waals surface area contributed by atoms with E-state index in [2.05, 4.69) is 23.5 Å². The number of sulfone groups is 1. The molecule has 0 radical (unpaired) electrons. The van der Waals surface area contributed by atoms with Crippen LogP contribution in [-0.2, 0) is 9.84 Å². The van der Waals surface area contributed by atoms with Gasteiger partial charge in [-0.3, -0.25) is 0 Å². The zero-order chi connectivity index (χ0) is 19.8. The molecule has 2 heterocycles. The van der Waals surface area contributed by atoms with E-state index in [1.54, 1.807) is 4.90 Å². The van der Waals surface area contributed by atoms with Crippen molar-refractivity contribution in [3.8, 4) is 11.1 Å². The second kappa shape index (κ2) is 7.24. The van der Waals surface area contributed by atoms with Crippen molar-refractivity contribution < 1.29 is 13.2 Å². The van der Waals surface area contributed by atoms with E-state index in [9.17, 15) is 13.2 Å². The molecule has 1 atom stereocenters. The van der Waals surface area contributed by atoms with Crippen molar-refractivity contribution in [3.05, 3.63) is 54.1 Å². The predicted molar refractivity (Wildman–Crippen MR) is 112 cm³/mol. The summed E-state index contributed by atoms with van der Waals surface area (Å²) in [5.41, 5.74) is 3.81. The molecule has 2 amide bonds. The lowest BCUT2D eigenvalue weighted by atomic mass is 9.80. The first-order chi connectivity index (χ1) is 13.4. The highest BCUT2D eigenvalue weighted by Crippen LogP contribution is 2.40. The molecule has 4 rings (SSSR count). The van der Waals surface area contributed by atoms with E-state index in [4.69, 9.17) is 0 Å². The number of anilines is 1. The molecular weight excluding hydrogens is 372 g/mol. The Morgan fingerprint density at radius 2 is 1.86 bits per heavy atom. The number of amides is 2. The maximum atomic E-state index is 12.8. The van der Waals surface area contributed by atoms with Gasteiger partial charge in [0.05, 0.1) is 11.5 Å². The summed E-state index contributed by atoms with van der Waals surface area (Å²) >= 11 is 0. The summed E-state index contributed by atoms with van der Waals surface area (Å²) in [6.45, 7) is 3.19. The van der Waals surface area contributed by atoms with Crippen LogP contribution < -0.4 is 5.32 Å². The van der Waals surface area contributed by atoms with Crippen molar-refractivity contribution >= 4 is 21.6 Å². The van der Waals surface area contributed by atoms with Crippen molar-refractivity contribution in [1.29, 1.82) is 0 Å². The third-order valence-electron chi connectivity index (χ3n) is 5.99. The topological polar surface area (TPSA) is 66.5 Å². The molecule has 0 saturated carbocycles. The molecule has 2 saturated heterocycles. The Labute approximate surface area is 166 Å². The van der Waals surface area contributed by atoms with Crippen LogP contribution in [0.2, 0.25) is 0 Å². The Morgan fingerprint density at radius 1 is 1.07 bits per heavy atom. The quantitative estimate of drug-likeness (QED) is 0.828. The molecule has 148 valence electrons. The number of nitrogens with one attached hydrogen (secondary N) is 1. The average molecular weight is 399 g/mol. The van der Waals surface area contributed by atoms with Gasteiger partial charge in [0.25, 0.3) is 0 Å². The number of aryl methyl sites for hydroxylation is 1. The monoisotopic (exact) mass is 398 g/mol. The van der Waals surface area contributed by atoms with Crippen molar-refractivity contribution in [2.24, 2.45) is 5.41 Å². The molecule has 28 heavy (non-hydrogen) atoms. The maximum absolute atomic E-state index is 12.8. The van der Waals surface area contributed by atoms with Gasteiger partial charge >= 0.3 is 6.03 Å². The highest BCUT2D eigenvalue weighted by atomic mass is 32.2. The summed E-state index contributed by atoms with van der Waals surface area (Å²) in [6.07, 6.45) is 2.42. The Morgan fingerprint density at radius 3 is 2.54 bits per heavy atom. The van der Waals surface area contributed by atoms with Crippen LogP contribution in [0.25, 0.3) is 11.1 Å². The summed E-state index contributed by atoms with van der Waals surface area (Å²) < 4.78 is 23.9. The fourth-order valence-corrected chi connectivity index (χ4v) is 6.70. The van der Waals surface area contributed by atoms with Crippen LogP contribution in [-0.4, -0.2) is 43.9 Å². The highest BCUT2D eigenvalue weighted by molar-refractivity contribution is 7.91. The van der Waals surface area contributed by atoms with Crippen LogP contribution in [0.15, 0.2) is 48.5 Å². The Bertz CT molecular complexity index is 988. The SMILES string of the molecule is Cc1cc(-c2ccccc2)ccc1NC(=O)N1CCCC2(CCS(=O)(=O)C2)C1. The summed E-state index contributed by atoms with van der Waals surface area (Å²) in [6, 6.07) is 16.0. The standard InChI is InChI=1S/C22H26N2O3S/c1-17-14-19(18-6-3-2-4-7-18)8-9-20(17)23-21(25)24-12-5-10-22(15-24)11-13-28(26,27)16-22/h2-4,6-9,14H,5,10-13,15-16H2,1H3,(H,23,25). The minimum atomic E-state index is -2.96. The largest absolute Gasteiger partial charge is 0.324 e. The van der Waals surface area contributed by atoms with Crippen molar-refractivity contribution in [2.45, 2.75) is 26.2 Å². The zero-order valence-corrected chi connectivity index (χ0v) is 17.0. The lowest BCUT2D eigenvalue weighted by Gasteiger charge is -2.39. The van der Waals surface area contributed by atoms with Crippen LogP contribution in [0.5, 0.6) is 0 Å². The summed E-state index contributed by atoms with van der Waals surface area (Å²) in [5, 5.41) is 3.02. The van der Waals surface area contributed by atoms with E-state index in [0.717, 1.165) is 35.2 Å². The van der Waals surface area contributed by atoms with E-state index < -0.39 is 9.84 Å². The second-order valence-corrected chi connectivity index (χ2v) is 10.4. The van der Waals surface area contributed by atoms with E-state index >= 15 is 0 Å². The third-order valence-corrected chi connectivity index (χ3v) is 7.87. The van der Waals surface area contributed by atoms with Crippen LogP contribution in [0.3, 0.4) is 0 Å². The number of carbonyl (C=O) groups excluding carboxylic acids is 1. The van der Waals surface area contributed by atoms with E-state index in [-0.39, 0.29) is 23.0 Å². The summed E-state index contributed by atoms with van der Waals surface area (Å²) in [5.74, 6) is 0.469. The van der Waals surface area contributed by atoms with E-state index in [1.807, 2.05) is 37.3 Å². The fourth-order valence-electron chi connectivity index (χ4n) is 4.49. The van der Waals surface area contributed by atoms with Gasteiger partial charge in [-0.05, 0) is 55.0 Å². The van der Waals surface area contributed by atoms with Crippen molar-refractivity contribution in [1.82, 2.24) is 4.90 Å². The molecule has 2 aliphatic heterocycles. The predicted octanol–water partition coefficient (Wildman–Crippen LogP) is 4.09. The molecular formula is C22H26N2O3S. The molecule has 0 bridgehead atoms. The number of benzene rings is 2. The molecule has 2 aromatic rings. The molecule has 0 aliphatic carbocycles. The molecule has 0 aromatic heterocycles. The van der Waals surface area contributed by atoms with Crippen LogP contribution in [0.1, 0.15) is 24.8 Å².